The van der Waals surface area contributed by atoms with Gasteiger partial charge in [0.15, 0.2) is 0 Å². The molecule has 0 aliphatic heterocycles. The monoisotopic (exact) mass is 209 g/mol. The molecule has 3 N–H and O–H groups in total. The highest BCUT2D eigenvalue weighted by Crippen LogP contribution is 2.27. The molecule has 0 amide bonds. The molecule has 5 heteroatoms. The molecule has 13 heavy (non-hydrogen) atoms. The minimum absolute atomic E-state index is 0.370. The third kappa shape index (κ3) is 4.47. The first-order chi connectivity index (χ1) is 5.91. The molecule has 0 heterocycles. The quantitative estimate of drug-likeness (QED) is 0.647. The average Bonchev–Trinajstić information content (AvgIpc) is 2.03. The Morgan fingerprint density at radius 2 is 2.23 bits per heavy atom. The van der Waals surface area contributed by atoms with E-state index in [1.807, 2.05) is 0 Å². The van der Waals surface area contributed by atoms with Gasteiger partial charge in [0.1, 0.15) is 6.04 Å². The number of hydrogen-bond donors (Lipinski definition) is 2. The normalized spacial score (nSPS) is 14.2. The van der Waals surface area contributed by atoms with E-state index in [0.29, 0.717) is 12.2 Å². The van der Waals surface area contributed by atoms with E-state index in [0.717, 1.165) is 0 Å². The molecule has 0 fully saturated rings. The van der Waals surface area contributed by atoms with Gasteiger partial charge in [0.05, 0.1) is 6.67 Å². The van der Waals surface area contributed by atoms with Crippen LogP contribution in [-0.4, -0.2) is 34.3 Å². The maximum atomic E-state index is 11.8. The topological polar surface area (TPSA) is 63.3 Å². The van der Waals surface area contributed by atoms with Gasteiger partial charge < -0.3 is 10.8 Å². The molecular formula is C8H16FNO2S. The van der Waals surface area contributed by atoms with Crippen LogP contribution >= 0.6 is 11.8 Å². The lowest BCUT2D eigenvalue weighted by Gasteiger charge is -2.27. The Bertz CT molecular complexity index is 176. The SMILES string of the molecule is CC(C)(SCCCF)[C@H](N)C(=O)O. The number of alkyl halides is 1. The van der Waals surface area contributed by atoms with Gasteiger partial charge in [-0.3, -0.25) is 9.18 Å². The van der Waals surface area contributed by atoms with Gasteiger partial charge in [0.2, 0.25) is 0 Å². The third-order valence-electron chi connectivity index (χ3n) is 1.77. The second-order valence-corrected chi connectivity index (χ2v) is 5.06. The molecule has 78 valence electrons. The molecule has 0 spiro atoms. The zero-order valence-corrected chi connectivity index (χ0v) is 8.73. The summed E-state index contributed by atoms with van der Waals surface area (Å²) < 4.78 is 11.2. The highest BCUT2D eigenvalue weighted by Gasteiger charge is 2.32. The fraction of sp³-hybridized carbons (Fsp3) is 0.875. The van der Waals surface area contributed by atoms with Crippen LogP contribution in [0.1, 0.15) is 20.3 Å². The van der Waals surface area contributed by atoms with E-state index < -0.39 is 16.8 Å². The number of rotatable bonds is 6. The van der Waals surface area contributed by atoms with Gasteiger partial charge in [0, 0.05) is 4.75 Å². The molecule has 0 aromatic carbocycles. The lowest BCUT2D eigenvalue weighted by Crippen LogP contribution is -2.46. The maximum absolute atomic E-state index is 11.8. The van der Waals surface area contributed by atoms with Gasteiger partial charge in [-0.1, -0.05) is 0 Å². The van der Waals surface area contributed by atoms with E-state index in [-0.39, 0.29) is 6.67 Å². The smallest absolute Gasteiger partial charge is 0.321 e. The van der Waals surface area contributed by atoms with Crippen LogP contribution < -0.4 is 5.73 Å². The van der Waals surface area contributed by atoms with Crippen molar-refractivity contribution in [3.05, 3.63) is 0 Å². The summed E-state index contributed by atoms with van der Waals surface area (Å²) in [6.45, 7) is 3.15. The third-order valence-corrected chi connectivity index (χ3v) is 3.26. The summed E-state index contributed by atoms with van der Waals surface area (Å²) in [4.78, 5) is 10.6. The Kier molecular flexibility index (Phi) is 5.32. The second-order valence-electron chi connectivity index (χ2n) is 3.31. The van der Waals surface area contributed by atoms with Crippen molar-refractivity contribution < 1.29 is 14.3 Å². The van der Waals surface area contributed by atoms with Gasteiger partial charge in [-0.2, -0.15) is 11.8 Å². The predicted molar refractivity (Wildman–Crippen MR) is 52.7 cm³/mol. The van der Waals surface area contributed by atoms with Crippen molar-refractivity contribution in [2.45, 2.75) is 31.1 Å². The van der Waals surface area contributed by atoms with Crippen molar-refractivity contribution in [2.75, 3.05) is 12.4 Å². The number of aliphatic carboxylic acids is 1. The second kappa shape index (κ2) is 5.44. The molecule has 0 aliphatic rings. The van der Waals surface area contributed by atoms with E-state index in [2.05, 4.69) is 0 Å². The minimum Gasteiger partial charge on any atom is -0.480 e. The van der Waals surface area contributed by atoms with Crippen LogP contribution in [-0.2, 0) is 4.79 Å². The Morgan fingerprint density at radius 1 is 1.69 bits per heavy atom. The summed E-state index contributed by atoms with van der Waals surface area (Å²) in [7, 11) is 0. The van der Waals surface area contributed by atoms with Gasteiger partial charge in [-0.05, 0) is 26.0 Å². The lowest BCUT2D eigenvalue weighted by molar-refractivity contribution is -0.139. The minimum atomic E-state index is -1.02. The average molecular weight is 209 g/mol. The molecule has 0 aliphatic carbocycles. The number of halogens is 1. The molecule has 0 aromatic rings. The predicted octanol–water partition coefficient (Wildman–Crippen LogP) is 1.27. The summed E-state index contributed by atoms with van der Waals surface area (Å²) in [5, 5.41) is 8.66. The van der Waals surface area contributed by atoms with Gasteiger partial charge >= 0.3 is 5.97 Å². The van der Waals surface area contributed by atoms with E-state index >= 15 is 0 Å². The molecule has 3 nitrogen and oxygen atoms in total. The molecule has 1 atom stereocenters. The maximum Gasteiger partial charge on any atom is 0.321 e. The number of nitrogens with two attached hydrogens (primary N) is 1. The van der Waals surface area contributed by atoms with Crippen molar-refractivity contribution in [3.8, 4) is 0 Å². The number of carboxylic acid groups (broad SMARTS) is 1. The summed E-state index contributed by atoms with van der Waals surface area (Å²) in [5.74, 6) is -0.414. The fourth-order valence-electron chi connectivity index (χ4n) is 0.777. The first kappa shape index (κ1) is 12.7. The Balaban J connectivity index is 3.98. The van der Waals surface area contributed by atoms with E-state index in [1.54, 1.807) is 13.8 Å². The first-order valence-corrected chi connectivity index (χ1v) is 5.08. The van der Waals surface area contributed by atoms with Crippen LogP contribution in [0.5, 0.6) is 0 Å². The van der Waals surface area contributed by atoms with Crippen LogP contribution in [0.25, 0.3) is 0 Å². The molecule has 0 bridgehead atoms. The van der Waals surface area contributed by atoms with Crippen molar-refractivity contribution in [1.29, 1.82) is 0 Å². The largest absolute Gasteiger partial charge is 0.480 e. The number of carboxylic acids is 1. The van der Waals surface area contributed by atoms with E-state index in [1.165, 1.54) is 11.8 Å². The molecular weight excluding hydrogens is 193 g/mol. The Hall–Kier alpha value is -0.290. The summed E-state index contributed by atoms with van der Waals surface area (Å²) in [5.41, 5.74) is 5.46. The molecule has 0 rings (SSSR count). The first-order valence-electron chi connectivity index (χ1n) is 4.10. The molecule has 0 saturated heterocycles. The molecule has 0 unspecified atom stereocenters. The Labute approximate surface area is 81.9 Å². The van der Waals surface area contributed by atoms with Gasteiger partial charge in [-0.25, -0.2) is 0 Å². The summed E-state index contributed by atoms with van der Waals surface area (Å²) in [6.07, 6.45) is 0.445. The standard InChI is InChI=1S/C8H16FNO2S/c1-8(2,6(10)7(11)12)13-5-3-4-9/h6H,3-5,10H2,1-2H3,(H,11,12)/t6-/m1/s1. The van der Waals surface area contributed by atoms with Gasteiger partial charge in [-0.15, -0.1) is 0 Å². The van der Waals surface area contributed by atoms with E-state index in [9.17, 15) is 9.18 Å². The van der Waals surface area contributed by atoms with Crippen LogP contribution in [0.4, 0.5) is 4.39 Å². The summed E-state index contributed by atoms with van der Waals surface area (Å²) in [6, 6.07) is -0.905. The lowest BCUT2D eigenvalue weighted by atomic mass is 10.1. The van der Waals surface area contributed by atoms with Crippen LogP contribution in [0.15, 0.2) is 0 Å². The zero-order valence-electron chi connectivity index (χ0n) is 7.92. The van der Waals surface area contributed by atoms with Crippen LogP contribution in [0.2, 0.25) is 0 Å². The van der Waals surface area contributed by atoms with Crippen molar-refractivity contribution in [3.63, 3.8) is 0 Å². The zero-order chi connectivity index (χ0) is 10.5. The van der Waals surface area contributed by atoms with Crippen molar-refractivity contribution >= 4 is 17.7 Å². The highest BCUT2D eigenvalue weighted by atomic mass is 32.2. The number of carbonyl (C=O) groups is 1. The van der Waals surface area contributed by atoms with Gasteiger partial charge in [0.25, 0.3) is 0 Å². The number of thioether (sulfide) groups is 1. The van der Waals surface area contributed by atoms with Crippen LogP contribution in [0.3, 0.4) is 0 Å². The van der Waals surface area contributed by atoms with E-state index in [4.69, 9.17) is 10.8 Å². The molecule has 0 aromatic heterocycles. The highest BCUT2D eigenvalue weighted by molar-refractivity contribution is 8.00. The summed E-state index contributed by atoms with van der Waals surface area (Å²) >= 11 is 1.39. The molecule has 0 saturated carbocycles. The fourth-order valence-corrected chi connectivity index (χ4v) is 1.84. The number of hydrogen-bond acceptors (Lipinski definition) is 3. The molecule has 0 radical (unpaired) electrons. The Morgan fingerprint density at radius 3 is 2.62 bits per heavy atom. The van der Waals surface area contributed by atoms with Crippen LogP contribution in [0, 0.1) is 0 Å². The van der Waals surface area contributed by atoms with Crippen molar-refractivity contribution in [2.24, 2.45) is 5.73 Å². The van der Waals surface area contributed by atoms with Crippen molar-refractivity contribution in [1.82, 2.24) is 0 Å².